The zero-order chi connectivity index (χ0) is 31.0. The lowest BCUT2D eigenvalue weighted by atomic mass is 10.1. The predicted molar refractivity (Wildman–Crippen MR) is 158 cm³/mol. The number of halogens is 4. The molecule has 0 bridgehead atoms. The van der Waals surface area contributed by atoms with Gasteiger partial charge in [0.1, 0.15) is 12.4 Å². The fraction of sp³-hybridized carbons (Fsp3) is 0.258. The lowest BCUT2D eigenvalue weighted by Crippen LogP contribution is -2.36. The normalized spacial score (nSPS) is 11.4. The fourth-order valence-corrected chi connectivity index (χ4v) is 5.11. The summed E-state index contributed by atoms with van der Waals surface area (Å²) in [4.78, 5) is 40.1. The van der Waals surface area contributed by atoms with Gasteiger partial charge in [-0.3, -0.25) is 19.6 Å². The number of benzene rings is 2. The van der Waals surface area contributed by atoms with E-state index in [0.29, 0.717) is 46.3 Å². The molecular formula is C31H29F4N5O2S. The van der Waals surface area contributed by atoms with Crippen molar-refractivity contribution in [3.63, 3.8) is 0 Å². The summed E-state index contributed by atoms with van der Waals surface area (Å²) in [6.45, 7) is 6.06. The largest absolute Gasteiger partial charge is 0.416 e. The van der Waals surface area contributed by atoms with E-state index in [0.717, 1.165) is 17.7 Å². The lowest BCUT2D eigenvalue weighted by molar-refractivity contribution is -0.137. The number of nitrogens with zero attached hydrogens (tertiary/aromatic N) is 5. The van der Waals surface area contributed by atoms with E-state index in [1.807, 2.05) is 6.92 Å². The Balaban J connectivity index is 1.51. The van der Waals surface area contributed by atoms with Gasteiger partial charge in [-0.1, -0.05) is 49.0 Å². The van der Waals surface area contributed by atoms with Crippen molar-refractivity contribution in [2.24, 2.45) is 4.99 Å². The minimum Gasteiger partial charge on any atom is -0.335 e. The molecule has 0 N–H and O–H groups in total. The number of rotatable bonds is 12. The summed E-state index contributed by atoms with van der Waals surface area (Å²) in [5, 5.41) is 0.365. The number of aliphatic imine (C=N–C) groups is 1. The molecule has 224 valence electrons. The maximum absolute atomic E-state index is 13.5. The summed E-state index contributed by atoms with van der Waals surface area (Å²) in [5.74, 6) is -0.167. The standard InChI is InChI=1S/C31H29F4N5O2S/c1-3-23-18-40(30(38-29(23)42)43-20-21-4-11-26(32)12-5-21)19-28(41)39(15-14-36-2)17-22-6-13-27(37-16-22)24-7-9-25(10-8-24)31(33,34)35/h4-13,16,18H,2-3,14-15,17,19-20H2,1H3. The molecule has 0 aliphatic carbocycles. The van der Waals surface area contributed by atoms with E-state index in [4.69, 9.17) is 0 Å². The molecule has 0 saturated carbocycles. The van der Waals surface area contributed by atoms with Crippen molar-refractivity contribution in [2.75, 3.05) is 13.1 Å². The summed E-state index contributed by atoms with van der Waals surface area (Å²) in [7, 11) is 0. The van der Waals surface area contributed by atoms with Crippen LogP contribution in [-0.4, -0.2) is 45.1 Å². The number of amides is 1. The molecule has 7 nitrogen and oxygen atoms in total. The number of alkyl halides is 3. The van der Waals surface area contributed by atoms with Crippen LogP contribution in [0.1, 0.15) is 29.2 Å². The van der Waals surface area contributed by atoms with Crippen LogP contribution < -0.4 is 5.56 Å². The zero-order valence-electron chi connectivity index (χ0n) is 23.4. The van der Waals surface area contributed by atoms with Crippen molar-refractivity contribution in [3.05, 3.63) is 111 Å². The highest BCUT2D eigenvalue weighted by atomic mass is 32.2. The molecule has 1 amide bonds. The first-order valence-corrected chi connectivity index (χ1v) is 14.4. The average Bonchev–Trinajstić information content (AvgIpc) is 2.99. The fourth-order valence-electron chi connectivity index (χ4n) is 4.19. The van der Waals surface area contributed by atoms with Crippen molar-refractivity contribution in [1.29, 1.82) is 0 Å². The van der Waals surface area contributed by atoms with Crippen molar-refractivity contribution in [3.8, 4) is 11.3 Å². The maximum atomic E-state index is 13.5. The molecule has 0 spiro atoms. The minimum atomic E-state index is -4.42. The Labute approximate surface area is 250 Å². The molecular weight excluding hydrogens is 582 g/mol. The van der Waals surface area contributed by atoms with Gasteiger partial charge in [-0.2, -0.15) is 18.2 Å². The molecule has 0 fully saturated rings. The summed E-state index contributed by atoms with van der Waals surface area (Å²) >= 11 is 1.27. The number of aryl methyl sites for hydroxylation is 1. The number of carbonyl (C=O) groups is 1. The Morgan fingerprint density at radius 3 is 2.35 bits per heavy atom. The van der Waals surface area contributed by atoms with Gasteiger partial charge < -0.3 is 9.47 Å². The Bertz CT molecular complexity index is 1610. The highest BCUT2D eigenvalue weighted by molar-refractivity contribution is 7.98. The van der Waals surface area contributed by atoms with Gasteiger partial charge in [0.05, 0.1) is 17.8 Å². The second kappa shape index (κ2) is 14.2. The molecule has 2 aromatic carbocycles. The molecule has 2 aromatic heterocycles. The first kappa shape index (κ1) is 31.6. The van der Waals surface area contributed by atoms with Crippen molar-refractivity contribution in [1.82, 2.24) is 19.4 Å². The van der Waals surface area contributed by atoms with Gasteiger partial charge in [0.25, 0.3) is 5.56 Å². The molecule has 4 rings (SSSR count). The van der Waals surface area contributed by atoms with Crippen LogP contribution in [0.5, 0.6) is 0 Å². The van der Waals surface area contributed by atoms with Crippen molar-refractivity contribution >= 4 is 24.4 Å². The average molecular weight is 612 g/mol. The monoisotopic (exact) mass is 611 g/mol. The summed E-state index contributed by atoms with van der Waals surface area (Å²) in [6, 6.07) is 14.2. The second-order valence-corrected chi connectivity index (χ2v) is 10.6. The number of hydrogen-bond donors (Lipinski definition) is 0. The number of pyridine rings is 1. The van der Waals surface area contributed by atoms with Crippen molar-refractivity contribution < 1.29 is 22.4 Å². The van der Waals surface area contributed by atoms with Crippen LogP contribution in [0.15, 0.2) is 88.0 Å². The van der Waals surface area contributed by atoms with Crippen LogP contribution >= 0.6 is 11.8 Å². The molecule has 0 saturated heterocycles. The topological polar surface area (TPSA) is 80.5 Å². The van der Waals surface area contributed by atoms with Crippen LogP contribution in [0.25, 0.3) is 11.3 Å². The molecule has 12 heteroatoms. The van der Waals surface area contributed by atoms with Gasteiger partial charge in [-0.25, -0.2) is 4.39 Å². The molecule has 0 aliphatic rings. The van der Waals surface area contributed by atoms with Crippen LogP contribution in [0, 0.1) is 5.82 Å². The van der Waals surface area contributed by atoms with E-state index in [2.05, 4.69) is 21.7 Å². The second-order valence-electron chi connectivity index (χ2n) is 9.64. The van der Waals surface area contributed by atoms with Gasteiger partial charge in [0.2, 0.25) is 5.91 Å². The molecule has 2 heterocycles. The van der Waals surface area contributed by atoms with Crippen LogP contribution in [0.4, 0.5) is 17.6 Å². The summed E-state index contributed by atoms with van der Waals surface area (Å²) in [5.41, 5.74) is 1.96. The van der Waals surface area contributed by atoms with E-state index >= 15 is 0 Å². The van der Waals surface area contributed by atoms with Crippen LogP contribution in [0.2, 0.25) is 0 Å². The van der Waals surface area contributed by atoms with Gasteiger partial charge in [0, 0.05) is 42.4 Å². The number of hydrogen-bond acceptors (Lipinski definition) is 6. The van der Waals surface area contributed by atoms with Crippen molar-refractivity contribution in [2.45, 2.75) is 43.5 Å². The predicted octanol–water partition coefficient (Wildman–Crippen LogP) is 6.05. The zero-order valence-corrected chi connectivity index (χ0v) is 24.2. The number of aromatic nitrogens is 3. The number of carbonyl (C=O) groups excluding carboxylic acids is 1. The number of thioether (sulfide) groups is 1. The Morgan fingerprint density at radius 1 is 1.05 bits per heavy atom. The van der Waals surface area contributed by atoms with E-state index in [1.165, 1.54) is 36.0 Å². The summed E-state index contributed by atoms with van der Waals surface area (Å²) in [6.07, 6.45) is -0.749. The van der Waals surface area contributed by atoms with E-state index in [-0.39, 0.29) is 36.9 Å². The van der Waals surface area contributed by atoms with E-state index in [1.54, 1.807) is 46.1 Å². The minimum absolute atomic E-state index is 0.0831. The highest BCUT2D eigenvalue weighted by Crippen LogP contribution is 2.30. The molecule has 0 radical (unpaired) electrons. The quantitative estimate of drug-likeness (QED) is 0.0844. The van der Waals surface area contributed by atoms with Crippen LogP contribution in [0.3, 0.4) is 0 Å². The Kier molecular flexibility index (Phi) is 10.5. The van der Waals surface area contributed by atoms with Gasteiger partial charge in [0.15, 0.2) is 5.16 Å². The third-order valence-corrected chi connectivity index (χ3v) is 7.65. The van der Waals surface area contributed by atoms with E-state index in [9.17, 15) is 27.2 Å². The SMILES string of the molecule is C=NCCN(Cc1ccc(-c2ccc(C(F)(F)F)cc2)nc1)C(=O)Cn1cc(CC)c(=O)nc1SCc1ccc(F)cc1. The van der Waals surface area contributed by atoms with Crippen LogP contribution in [-0.2, 0) is 36.2 Å². The molecule has 4 aromatic rings. The first-order chi connectivity index (χ1) is 20.6. The molecule has 0 aliphatic heterocycles. The molecule has 43 heavy (non-hydrogen) atoms. The molecule has 0 atom stereocenters. The Morgan fingerprint density at radius 2 is 1.74 bits per heavy atom. The third-order valence-electron chi connectivity index (χ3n) is 6.58. The molecule has 0 unspecified atom stereocenters. The summed E-state index contributed by atoms with van der Waals surface area (Å²) < 4.78 is 53.6. The third kappa shape index (κ3) is 8.60. The lowest BCUT2D eigenvalue weighted by Gasteiger charge is -2.23. The smallest absolute Gasteiger partial charge is 0.335 e. The highest BCUT2D eigenvalue weighted by Gasteiger charge is 2.30. The maximum Gasteiger partial charge on any atom is 0.416 e. The Hall–Kier alpha value is -4.32. The van der Waals surface area contributed by atoms with Gasteiger partial charge >= 0.3 is 6.18 Å². The van der Waals surface area contributed by atoms with Gasteiger partial charge in [-0.15, -0.1) is 0 Å². The first-order valence-electron chi connectivity index (χ1n) is 13.4. The van der Waals surface area contributed by atoms with E-state index < -0.39 is 11.7 Å². The van der Waals surface area contributed by atoms with Gasteiger partial charge in [-0.05, 0) is 54.6 Å².